The van der Waals surface area contributed by atoms with Crippen LogP contribution in [0, 0.1) is 0 Å². The van der Waals surface area contributed by atoms with E-state index < -0.39 is 0 Å². The molecule has 4 rings (SSSR count). The second-order valence-corrected chi connectivity index (χ2v) is 4.89. The highest BCUT2D eigenvalue weighted by atomic mass is 15.4. The van der Waals surface area contributed by atoms with E-state index >= 15 is 0 Å². The van der Waals surface area contributed by atoms with Gasteiger partial charge in [0.05, 0.1) is 11.4 Å². The first-order valence-electron chi connectivity index (χ1n) is 6.72. The summed E-state index contributed by atoms with van der Waals surface area (Å²) >= 11 is 0. The molecule has 2 heterocycles. The van der Waals surface area contributed by atoms with Crippen LogP contribution in [-0.2, 0) is 13.1 Å². The lowest BCUT2D eigenvalue weighted by Crippen LogP contribution is -2.11. The van der Waals surface area contributed by atoms with Gasteiger partial charge in [-0.1, -0.05) is 53.7 Å². The molecule has 1 aliphatic rings. The topological polar surface area (TPSA) is 42.7 Å². The zero-order valence-electron chi connectivity index (χ0n) is 11.0. The number of aromatic nitrogens is 3. The van der Waals surface area contributed by atoms with E-state index in [1.165, 1.54) is 5.56 Å². The fourth-order valence-corrected chi connectivity index (χ4v) is 2.66. The molecular formula is C16H14N4. The van der Waals surface area contributed by atoms with Crippen LogP contribution in [-0.4, -0.2) is 15.0 Å². The quantitative estimate of drug-likeness (QED) is 0.733. The van der Waals surface area contributed by atoms with E-state index in [4.69, 9.17) is 0 Å². The van der Waals surface area contributed by atoms with Gasteiger partial charge in [0.25, 0.3) is 0 Å². The molecule has 0 bridgehead atoms. The maximum absolute atomic E-state index is 4.38. The zero-order valence-corrected chi connectivity index (χ0v) is 11.0. The van der Waals surface area contributed by atoms with Gasteiger partial charge in [0.2, 0.25) is 0 Å². The van der Waals surface area contributed by atoms with Crippen molar-refractivity contribution < 1.29 is 0 Å². The Kier molecular flexibility index (Phi) is 2.60. The lowest BCUT2D eigenvalue weighted by molar-refractivity contribution is 0.684. The standard InChI is InChI=1S/C16H14N4/c1-2-6-12(7-3-1)16-15-11-17-10-13-8-4-5-9-14(13)20(15)19-18-16/h1-9,17H,10-11H2. The average Bonchev–Trinajstić information content (AvgIpc) is 2.84. The van der Waals surface area contributed by atoms with E-state index in [0.717, 1.165) is 35.7 Å². The molecule has 0 saturated carbocycles. The Balaban J connectivity index is 1.92. The van der Waals surface area contributed by atoms with Gasteiger partial charge in [0.15, 0.2) is 0 Å². The highest BCUT2D eigenvalue weighted by Gasteiger charge is 2.19. The van der Waals surface area contributed by atoms with Crippen molar-refractivity contribution in [1.29, 1.82) is 0 Å². The Hall–Kier alpha value is -2.46. The second kappa shape index (κ2) is 4.58. The number of nitrogens with zero attached hydrogens (tertiary/aromatic N) is 3. The molecule has 98 valence electrons. The van der Waals surface area contributed by atoms with Gasteiger partial charge >= 0.3 is 0 Å². The lowest BCUT2D eigenvalue weighted by Gasteiger charge is -2.06. The fourth-order valence-electron chi connectivity index (χ4n) is 2.66. The van der Waals surface area contributed by atoms with Crippen LogP contribution in [0.5, 0.6) is 0 Å². The summed E-state index contributed by atoms with van der Waals surface area (Å²) in [4.78, 5) is 0. The van der Waals surface area contributed by atoms with Crippen molar-refractivity contribution >= 4 is 0 Å². The monoisotopic (exact) mass is 262 g/mol. The molecule has 0 atom stereocenters. The Labute approximate surface area is 117 Å². The number of rotatable bonds is 1. The number of fused-ring (bicyclic) bond motifs is 3. The zero-order chi connectivity index (χ0) is 13.4. The number of benzene rings is 2. The van der Waals surface area contributed by atoms with Crippen LogP contribution < -0.4 is 5.32 Å². The van der Waals surface area contributed by atoms with Gasteiger partial charge in [0.1, 0.15) is 5.69 Å². The van der Waals surface area contributed by atoms with Gasteiger partial charge in [-0.3, -0.25) is 0 Å². The summed E-state index contributed by atoms with van der Waals surface area (Å²) in [7, 11) is 0. The minimum atomic E-state index is 0.770. The van der Waals surface area contributed by atoms with Crippen LogP contribution in [0.25, 0.3) is 16.9 Å². The van der Waals surface area contributed by atoms with Gasteiger partial charge < -0.3 is 5.32 Å². The van der Waals surface area contributed by atoms with Crippen LogP contribution in [0.2, 0.25) is 0 Å². The summed E-state index contributed by atoms with van der Waals surface area (Å²) in [6.45, 7) is 1.62. The van der Waals surface area contributed by atoms with Gasteiger partial charge in [-0.2, -0.15) is 0 Å². The van der Waals surface area contributed by atoms with Crippen LogP contribution in [0.3, 0.4) is 0 Å². The van der Waals surface area contributed by atoms with Crippen molar-refractivity contribution in [2.45, 2.75) is 13.1 Å². The molecule has 20 heavy (non-hydrogen) atoms. The smallest absolute Gasteiger partial charge is 0.118 e. The molecule has 0 radical (unpaired) electrons. The Morgan fingerprint density at radius 3 is 2.60 bits per heavy atom. The highest BCUT2D eigenvalue weighted by molar-refractivity contribution is 5.62. The molecule has 0 amide bonds. The molecule has 3 aromatic rings. The van der Waals surface area contributed by atoms with Crippen molar-refractivity contribution in [2.75, 3.05) is 0 Å². The Bertz CT molecular complexity index is 746. The number of hydrogen-bond acceptors (Lipinski definition) is 3. The van der Waals surface area contributed by atoms with Crippen LogP contribution in [0.1, 0.15) is 11.3 Å². The van der Waals surface area contributed by atoms with Crippen LogP contribution >= 0.6 is 0 Å². The maximum Gasteiger partial charge on any atom is 0.118 e. The predicted molar refractivity (Wildman–Crippen MR) is 77.3 cm³/mol. The van der Waals surface area contributed by atoms with Gasteiger partial charge in [-0.15, -0.1) is 5.10 Å². The highest BCUT2D eigenvalue weighted by Crippen LogP contribution is 2.26. The summed E-state index contributed by atoms with van der Waals surface area (Å²) in [6, 6.07) is 18.5. The largest absolute Gasteiger partial charge is 0.307 e. The maximum atomic E-state index is 4.38. The van der Waals surface area contributed by atoms with Gasteiger partial charge in [-0.05, 0) is 11.6 Å². The van der Waals surface area contributed by atoms with E-state index in [2.05, 4.69) is 46.0 Å². The molecule has 0 unspecified atom stereocenters. The molecule has 2 aromatic carbocycles. The summed E-state index contributed by atoms with van der Waals surface area (Å²) < 4.78 is 1.96. The fraction of sp³-hybridized carbons (Fsp3) is 0.125. The van der Waals surface area contributed by atoms with Crippen molar-refractivity contribution in [2.24, 2.45) is 0 Å². The molecule has 1 aliphatic heterocycles. The number of para-hydroxylation sites is 1. The third kappa shape index (κ3) is 1.73. The first-order valence-corrected chi connectivity index (χ1v) is 6.72. The summed E-state index contributed by atoms with van der Waals surface area (Å²) in [5, 5.41) is 12.2. The molecule has 0 aliphatic carbocycles. The van der Waals surface area contributed by atoms with E-state index in [0.29, 0.717) is 0 Å². The van der Waals surface area contributed by atoms with Crippen LogP contribution in [0.4, 0.5) is 0 Å². The molecule has 0 spiro atoms. The molecule has 1 N–H and O–H groups in total. The molecule has 4 nitrogen and oxygen atoms in total. The van der Waals surface area contributed by atoms with Gasteiger partial charge in [0, 0.05) is 18.7 Å². The minimum absolute atomic E-state index is 0.770. The first kappa shape index (κ1) is 11.4. The minimum Gasteiger partial charge on any atom is -0.307 e. The van der Waals surface area contributed by atoms with Crippen LogP contribution in [0.15, 0.2) is 54.6 Å². The number of hydrogen-bond donors (Lipinski definition) is 1. The summed E-state index contributed by atoms with van der Waals surface area (Å²) in [5.41, 5.74) is 5.53. The first-order chi connectivity index (χ1) is 9.93. The normalized spacial score (nSPS) is 13.4. The van der Waals surface area contributed by atoms with Gasteiger partial charge in [-0.25, -0.2) is 4.68 Å². The van der Waals surface area contributed by atoms with Crippen molar-refractivity contribution in [3.05, 3.63) is 65.9 Å². The molecule has 4 heteroatoms. The summed E-state index contributed by atoms with van der Waals surface area (Å²) in [5.74, 6) is 0. The van der Waals surface area contributed by atoms with E-state index in [1.54, 1.807) is 0 Å². The predicted octanol–water partition coefficient (Wildman–Crippen LogP) is 2.54. The van der Waals surface area contributed by atoms with E-state index in [9.17, 15) is 0 Å². The van der Waals surface area contributed by atoms with E-state index in [-0.39, 0.29) is 0 Å². The van der Waals surface area contributed by atoms with E-state index in [1.807, 2.05) is 28.9 Å². The van der Waals surface area contributed by atoms with Crippen molar-refractivity contribution in [3.63, 3.8) is 0 Å². The average molecular weight is 262 g/mol. The summed E-state index contributed by atoms with van der Waals surface area (Å²) in [6.07, 6.45) is 0. The molecule has 1 aromatic heterocycles. The van der Waals surface area contributed by atoms with Crippen molar-refractivity contribution in [3.8, 4) is 16.9 Å². The molecular weight excluding hydrogens is 248 g/mol. The SMILES string of the molecule is c1ccc(-c2nnn3c2CNCc2ccccc2-3)cc1. The third-order valence-electron chi connectivity index (χ3n) is 3.64. The van der Waals surface area contributed by atoms with Crippen molar-refractivity contribution in [1.82, 2.24) is 20.3 Å². The Morgan fingerprint density at radius 2 is 1.70 bits per heavy atom. The molecule has 0 saturated heterocycles. The number of nitrogens with one attached hydrogen (secondary N) is 1. The Morgan fingerprint density at radius 1 is 0.900 bits per heavy atom. The molecule has 0 fully saturated rings. The lowest BCUT2D eigenvalue weighted by atomic mass is 10.1. The third-order valence-corrected chi connectivity index (χ3v) is 3.64. The second-order valence-electron chi connectivity index (χ2n) is 4.89.